The van der Waals surface area contributed by atoms with Crippen molar-refractivity contribution in [2.24, 2.45) is 0 Å². The van der Waals surface area contributed by atoms with Crippen molar-refractivity contribution in [3.8, 4) is 5.82 Å². The second-order valence-corrected chi connectivity index (χ2v) is 7.29. The minimum absolute atomic E-state index is 0.156. The maximum Gasteiger partial charge on any atom is 0.267 e. The van der Waals surface area contributed by atoms with Crippen LogP contribution in [0.3, 0.4) is 0 Å². The van der Waals surface area contributed by atoms with Crippen molar-refractivity contribution in [2.75, 3.05) is 5.75 Å². The first kappa shape index (κ1) is 16.7. The highest BCUT2D eigenvalue weighted by Crippen LogP contribution is 2.24. The zero-order valence-electron chi connectivity index (χ0n) is 13.9. The highest BCUT2D eigenvalue weighted by molar-refractivity contribution is 7.99. The topological polar surface area (TPSA) is 68.0 Å². The summed E-state index contributed by atoms with van der Waals surface area (Å²) in [5.41, 5.74) is 0.638. The van der Waals surface area contributed by atoms with Gasteiger partial charge in [0.15, 0.2) is 5.16 Å². The first-order valence-corrected chi connectivity index (χ1v) is 8.64. The zero-order chi connectivity index (χ0) is 17.3. The molecule has 6 heteroatoms. The van der Waals surface area contributed by atoms with E-state index in [0.29, 0.717) is 27.6 Å². The Labute approximate surface area is 144 Å². The van der Waals surface area contributed by atoms with Crippen molar-refractivity contribution in [3.05, 3.63) is 58.5 Å². The second-order valence-electron chi connectivity index (χ2n) is 6.34. The van der Waals surface area contributed by atoms with Crippen LogP contribution in [0, 0.1) is 6.92 Å². The van der Waals surface area contributed by atoms with Gasteiger partial charge in [-0.3, -0.25) is 4.79 Å². The molecule has 0 fully saturated rings. The van der Waals surface area contributed by atoms with Crippen molar-refractivity contribution in [1.29, 1.82) is 0 Å². The molecule has 0 aliphatic carbocycles. The number of hydrogen-bond donors (Lipinski definition) is 1. The summed E-state index contributed by atoms with van der Waals surface area (Å²) >= 11 is 1.35. The largest absolute Gasteiger partial charge is 0.390 e. The van der Waals surface area contributed by atoms with Crippen LogP contribution >= 0.6 is 11.8 Å². The van der Waals surface area contributed by atoms with Crippen molar-refractivity contribution in [2.45, 2.75) is 31.5 Å². The summed E-state index contributed by atoms with van der Waals surface area (Å²) in [5, 5.41) is 11.1. The van der Waals surface area contributed by atoms with Gasteiger partial charge in [0, 0.05) is 11.9 Å². The van der Waals surface area contributed by atoms with Crippen molar-refractivity contribution in [1.82, 2.24) is 14.5 Å². The summed E-state index contributed by atoms with van der Waals surface area (Å²) in [6.45, 7) is 5.41. The molecule has 0 spiro atoms. The van der Waals surface area contributed by atoms with Crippen molar-refractivity contribution < 1.29 is 5.11 Å². The number of thioether (sulfide) groups is 1. The number of aliphatic hydroxyl groups is 1. The Morgan fingerprint density at radius 3 is 2.71 bits per heavy atom. The van der Waals surface area contributed by atoms with Crippen LogP contribution in [0.25, 0.3) is 16.7 Å². The second kappa shape index (κ2) is 6.37. The molecule has 0 bridgehead atoms. The quantitative estimate of drug-likeness (QED) is 0.584. The number of para-hydroxylation sites is 1. The summed E-state index contributed by atoms with van der Waals surface area (Å²) in [6.07, 6.45) is 1.68. The Balaban J connectivity index is 2.23. The molecule has 3 aromatic rings. The molecule has 0 saturated carbocycles. The van der Waals surface area contributed by atoms with Crippen LogP contribution in [0.4, 0.5) is 0 Å². The molecule has 0 aliphatic heterocycles. The van der Waals surface area contributed by atoms with Gasteiger partial charge in [-0.25, -0.2) is 14.5 Å². The smallest absolute Gasteiger partial charge is 0.267 e. The predicted octanol–water partition coefficient (Wildman–Crippen LogP) is 2.95. The number of hydrogen-bond acceptors (Lipinski definition) is 5. The first-order chi connectivity index (χ1) is 11.3. The SMILES string of the molecule is Cc1ccnc(-n2c(SCC(C)(C)O)nc3ccccc3c2=O)c1. The van der Waals surface area contributed by atoms with E-state index in [1.54, 1.807) is 26.1 Å². The van der Waals surface area contributed by atoms with Gasteiger partial charge in [0.2, 0.25) is 0 Å². The van der Waals surface area contributed by atoms with Crippen LogP contribution in [0.15, 0.2) is 52.5 Å². The summed E-state index contributed by atoms with van der Waals surface area (Å²) < 4.78 is 1.52. The predicted molar refractivity (Wildman–Crippen MR) is 96.9 cm³/mol. The normalized spacial score (nSPS) is 11.8. The molecule has 0 saturated heterocycles. The third-order valence-electron chi connectivity index (χ3n) is 3.43. The van der Waals surface area contributed by atoms with E-state index in [9.17, 15) is 9.90 Å². The molecular formula is C18H19N3O2S. The van der Waals surface area contributed by atoms with Gasteiger partial charge in [0.1, 0.15) is 5.82 Å². The summed E-state index contributed by atoms with van der Waals surface area (Å²) in [5.74, 6) is 0.959. The van der Waals surface area contributed by atoms with Crippen molar-refractivity contribution in [3.63, 3.8) is 0 Å². The maximum atomic E-state index is 13.0. The number of pyridine rings is 1. The molecule has 1 N–H and O–H groups in total. The molecule has 5 nitrogen and oxygen atoms in total. The molecule has 124 valence electrons. The van der Waals surface area contributed by atoms with E-state index in [1.165, 1.54) is 16.3 Å². The third-order valence-corrected chi connectivity index (χ3v) is 4.81. The maximum absolute atomic E-state index is 13.0. The lowest BCUT2D eigenvalue weighted by molar-refractivity contribution is 0.107. The molecule has 0 atom stereocenters. The number of aromatic nitrogens is 3. The van der Waals surface area contributed by atoms with E-state index in [2.05, 4.69) is 9.97 Å². The molecule has 0 unspecified atom stereocenters. The van der Waals surface area contributed by atoms with Crippen LogP contribution in [0.2, 0.25) is 0 Å². The Bertz CT molecular complexity index is 945. The highest BCUT2D eigenvalue weighted by Gasteiger charge is 2.18. The Morgan fingerprint density at radius 2 is 2.00 bits per heavy atom. The van der Waals surface area contributed by atoms with Crippen LogP contribution in [0.1, 0.15) is 19.4 Å². The number of benzene rings is 1. The van der Waals surface area contributed by atoms with Gasteiger partial charge < -0.3 is 5.11 Å². The average molecular weight is 341 g/mol. The summed E-state index contributed by atoms with van der Waals surface area (Å²) in [4.78, 5) is 21.9. The lowest BCUT2D eigenvalue weighted by Crippen LogP contribution is -2.25. The summed E-state index contributed by atoms with van der Waals surface area (Å²) in [6, 6.07) is 11.0. The molecular weight excluding hydrogens is 322 g/mol. The number of nitrogens with zero attached hydrogens (tertiary/aromatic N) is 3. The van der Waals surface area contributed by atoms with Gasteiger partial charge >= 0.3 is 0 Å². The van der Waals surface area contributed by atoms with E-state index in [1.807, 2.05) is 37.3 Å². The Kier molecular flexibility index (Phi) is 4.43. The fourth-order valence-corrected chi connectivity index (χ4v) is 3.25. The van der Waals surface area contributed by atoms with Crippen LogP contribution in [0.5, 0.6) is 0 Å². The molecule has 24 heavy (non-hydrogen) atoms. The van der Waals surface area contributed by atoms with Crippen LogP contribution in [-0.2, 0) is 0 Å². The van der Waals surface area contributed by atoms with Gasteiger partial charge in [0.05, 0.1) is 16.5 Å². The van der Waals surface area contributed by atoms with Gasteiger partial charge in [0.25, 0.3) is 5.56 Å². The molecule has 3 rings (SSSR count). The number of fused-ring (bicyclic) bond motifs is 1. The van der Waals surface area contributed by atoms with E-state index in [4.69, 9.17) is 0 Å². The van der Waals surface area contributed by atoms with Gasteiger partial charge in [-0.1, -0.05) is 23.9 Å². The average Bonchev–Trinajstić information content (AvgIpc) is 2.52. The van der Waals surface area contributed by atoms with Gasteiger partial charge in [-0.2, -0.15) is 0 Å². The molecule has 0 aliphatic rings. The molecule has 2 aromatic heterocycles. The zero-order valence-corrected chi connectivity index (χ0v) is 14.7. The minimum Gasteiger partial charge on any atom is -0.390 e. The van der Waals surface area contributed by atoms with E-state index in [-0.39, 0.29) is 5.56 Å². The minimum atomic E-state index is -0.862. The molecule has 2 heterocycles. The number of rotatable bonds is 4. The van der Waals surface area contributed by atoms with Gasteiger partial charge in [-0.05, 0) is 50.6 Å². The standard InChI is InChI=1S/C18H19N3O2S/c1-12-8-9-19-15(10-12)21-16(22)13-6-4-5-7-14(13)20-17(21)24-11-18(2,3)23/h4-10,23H,11H2,1-3H3. The lowest BCUT2D eigenvalue weighted by atomic mass is 10.2. The first-order valence-electron chi connectivity index (χ1n) is 7.65. The van der Waals surface area contributed by atoms with E-state index >= 15 is 0 Å². The lowest BCUT2D eigenvalue weighted by Gasteiger charge is -2.18. The van der Waals surface area contributed by atoms with E-state index in [0.717, 1.165) is 5.56 Å². The Morgan fingerprint density at radius 1 is 1.25 bits per heavy atom. The van der Waals surface area contributed by atoms with Crippen LogP contribution in [-0.4, -0.2) is 31.0 Å². The highest BCUT2D eigenvalue weighted by atomic mass is 32.2. The molecule has 0 amide bonds. The van der Waals surface area contributed by atoms with E-state index < -0.39 is 5.60 Å². The monoisotopic (exact) mass is 341 g/mol. The molecule has 1 aromatic carbocycles. The fourth-order valence-electron chi connectivity index (χ4n) is 2.29. The van der Waals surface area contributed by atoms with Crippen LogP contribution < -0.4 is 5.56 Å². The Hall–Kier alpha value is -2.18. The molecule has 0 radical (unpaired) electrons. The fraction of sp³-hybridized carbons (Fsp3) is 0.278. The van der Waals surface area contributed by atoms with Crippen molar-refractivity contribution >= 4 is 22.7 Å². The third kappa shape index (κ3) is 3.49. The summed E-state index contributed by atoms with van der Waals surface area (Å²) in [7, 11) is 0. The van der Waals surface area contributed by atoms with Gasteiger partial charge in [-0.15, -0.1) is 0 Å². The number of aryl methyl sites for hydroxylation is 1.